The van der Waals surface area contributed by atoms with Crippen LogP contribution in [0.5, 0.6) is 0 Å². The van der Waals surface area contributed by atoms with E-state index >= 15 is 0 Å². The SMILES string of the molecule is COP(=O)(O)O[P+](C)=O. The first-order valence-electron chi connectivity index (χ1n) is 1.97. The van der Waals surface area contributed by atoms with Gasteiger partial charge in [-0.1, -0.05) is 0 Å². The maximum Gasteiger partial charge on any atom is 0.515 e. The lowest BCUT2D eigenvalue weighted by atomic mass is 11.8. The largest absolute Gasteiger partial charge is 0.515 e. The lowest BCUT2D eigenvalue weighted by Gasteiger charge is -1.96. The molecule has 0 aliphatic heterocycles. The molecule has 0 aromatic heterocycles. The van der Waals surface area contributed by atoms with Crippen LogP contribution in [-0.2, 0) is 18.0 Å². The van der Waals surface area contributed by atoms with Crippen LogP contribution in [0.25, 0.3) is 0 Å². The van der Waals surface area contributed by atoms with Crippen LogP contribution < -0.4 is 0 Å². The number of hydrogen-bond donors (Lipinski definition) is 1. The van der Waals surface area contributed by atoms with E-state index in [9.17, 15) is 9.13 Å². The molecule has 0 saturated carbocycles. The average Bonchev–Trinajstić information content (AvgIpc) is 1.63. The van der Waals surface area contributed by atoms with Gasteiger partial charge in [-0.25, -0.2) is 4.57 Å². The molecule has 0 spiro atoms. The maximum absolute atomic E-state index is 10.3. The number of rotatable bonds is 3. The molecule has 54 valence electrons. The van der Waals surface area contributed by atoms with Gasteiger partial charge < -0.3 is 4.89 Å². The van der Waals surface area contributed by atoms with Crippen molar-refractivity contribution in [3.8, 4) is 0 Å². The van der Waals surface area contributed by atoms with Crippen molar-refractivity contribution in [3.05, 3.63) is 0 Å². The molecule has 0 aliphatic rings. The van der Waals surface area contributed by atoms with Crippen molar-refractivity contribution < 1.29 is 22.9 Å². The van der Waals surface area contributed by atoms with Crippen molar-refractivity contribution in [2.24, 2.45) is 0 Å². The Hall–Kier alpha value is 0.210. The van der Waals surface area contributed by atoms with E-state index in [0.717, 1.165) is 13.8 Å². The Morgan fingerprint density at radius 2 is 2.11 bits per heavy atom. The summed E-state index contributed by atoms with van der Waals surface area (Å²) in [5.74, 6) is 0. The van der Waals surface area contributed by atoms with E-state index in [1.807, 2.05) is 0 Å². The van der Waals surface area contributed by atoms with E-state index in [4.69, 9.17) is 4.89 Å². The molecule has 0 aromatic rings. The molecule has 5 nitrogen and oxygen atoms in total. The standard InChI is InChI=1S/C2H6O5P2/c1-6-9(4,5)7-8(2)3/h1-2H3/p+1. The fourth-order valence-corrected chi connectivity index (χ4v) is 1.61. The van der Waals surface area contributed by atoms with Gasteiger partial charge in [0.05, 0.1) is 0 Å². The number of phosphoric ester groups is 1. The molecule has 0 aliphatic carbocycles. The summed E-state index contributed by atoms with van der Waals surface area (Å²) in [5, 5.41) is 0. The summed E-state index contributed by atoms with van der Waals surface area (Å²) in [4.78, 5) is 8.42. The number of hydrogen-bond acceptors (Lipinski definition) is 4. The minimum atomic E-state index is -4.01. The third kappa shape index (κ3) is 4.70. The summed E-state index contributed by atoms with van der Waals surface area (Å²) in [7, 11) is -5.10. The fraction of sp³-hybridized carbons (Fsp3) is 1.00. The average molecular weight is 173 g/mol. The highest BCUT2D eigenvalue weighted by molar-refractivity contribution is 7.57. The Kier molecular flexibility index (Phi) is 3.48. The van der Waals surface area contributed by atoms with E-state index in [2.05, 4.69) is 8.83 Å². The summed E-state index contributed by atoms with van der Waals surface area (Å²) < 4.78 is 28.4. The predicted molar refractivity (Wildman–Crippen MR) is 31.4 cm³/mol. The third-order valence-electron chi connectivity index (χ3n) is 0.449. The van der Waals surface area contributed by atoms with Gasteiger partial charge >= 0.3 is 15.9 Å². The zero-order valence-corrected chi connectivity index (χ0v) is 6.76. The lowest BCUT2D eigenvalue weighted by molar-refractivity contribution is 0.247. The lowest BCUT2D eigenvalue weighted by Crippen LogP contribution is -1.82. The first kappa shape index (κ1) is 9.21. The second-order valence-corrected chi connectivity index (χ2v) is 4.01. The van der Waals surface area contributed by atoms with E-state index in [-0.39, 0.29) is 0 Å². The molecule has 0 fully saturated rings. The van der Waals surface area contributed by atoms with Gasteiger partial charge in [-0.05, 0) is 8.88 Å². The summed E-state index contributed by atoms with van der Waals surface area (Å²) in [6.07, 6.45) is 0. The molecule has 2 atom stereocenters. The molecule has 0 bridgehead atoms. The third-order valence-corrected chi connectivity index (χ3v) is 2.66. The Labute approximate surface area is 53.5 Å². The predicted octanol–water partition coefficient (Wildman–Crippen LogP) is 1.12. The molecular weight excluding hydrogens is 166 g/mol. The molecule has 9 heavy (non-hydrogen) atoms. The number of phosphoric acid groups is 1. The molecular formula is C2H7O5P2+. The molecule has 1 N–H and O–H groups in total. The quantitative estimate of drug-likeness (QED) is 0.647. The maximum atomic E-state index is 10.3. The molecule has 7 heteroatoms. The van der Waals surface area contributed by atoms with Crippen LogP contribution in [0, 0.1) is 0 Å². The van der Waals surface area contributed by atoms with Crippen molar-refractivity contribution in [3.63, 3.8) is 0 Å². The molecule has 0 aromatic carbocycles. The summed E-state index contributed by atoms with van der Waals surface area (Å²) >= 11 is 0. The highest BCUT2D eigenvalue weighted by atomic mass is 31.2. The molecule has 0 rings (SSSR count). The normalized spacial score (nSPS) is 18.8. The molecule has 0 saturated heterocycles. The molecule has 2 unspecified atom stereocenters. The van der Waals surface area contributed by atoms with Crippen molar-refractivity contribution in [2.75, 3.05) is 13.8 Å². The zero-order valence-electron chi connectivity index (χ0n) is 4.97. The molecule has 0 heterocycles. The smallest absolute Gasteiger partial charge is 0.300 e. The Morgan fingerprint density at radius 1 is 1.67 bits per heavy atom. The van der Waals surface area contributed by atoms with Gasteiger partial charge in [0.1, 0.15) is 0 Å². The minimum absolute atomic E-state index is 1.000. The van der Waals surface area contributed by atoms with Gasteiger partial charge in [0.15, 0.2) is 6.66 Å². The van der Waals surface area contributed by atoms with Gasteiger partial charge in [0.2, 0.25) is 0 Å². The van der Waals surface area contributed by atoms with E-state index in [1.165, 1.54) is 0 Å². The summed E-state index contributed by atoms with van der Waals surface area (Å²) in [6.45, 7) is 1.16. The van der Waals surface area contributed by atoms with E-state index in [0.29, 0.717) is 0 Å². The Morgan fingerprint density at radius 3 is 2.22 bits per heavy atom. The van der Waals surface area contributed by atoms with Gasteiger partial charge in [-0.15, -0.1) is 0 Å². The Bertz CT molecular complexity index is 153. The van der Waals surface area contributed by atoms with Gasteiger partial charge in [-0.3, -0.25) is 4.52 Å². The first-order valence-corrected chi connectivity index (χ1v) is 5.09. The topological polar surface area (TPSA) is 72.8 Å². The van der Waals surface area contributed by atoms with Crippen molar-refractivity contribution in [1.29, 1.82) is 0 Å². The van der Waals surface area contributed by atoms with Crippen LogP contribution in [0.2, 0.25) is 0 Å². The Balaban J connectivity index is 3.88. The highest BCUT2D eigenvalue weighted by Crippen LogP contribution is 2.49. The fourth-order valence-electron chi connectivity index (χ4n) is 0.179. The second kappa shape index (κ2) is 3.40. The van der Waals surface area contributed by atoms with Crippen molar-refractivity contribution in [1.82, 2.24) is 0 Å². The van der Waals surface area contributed by atoms with E-state index < -0.39 is 15.9 Å². The van der Waals surface area contributed by atoms with Gasteiger partial charge in [0.25, 0.3) is 0 Å². The summed E-state index contributed by atoms with van der Waals surface area (Å²) in [5.41, 5.74) is 0. The van der Waals surface area contributed by atoms with Crippen LogP contribution in [0.1, 0.15) is 0 Å². The molecule has 0 amide bonds. The van der Waals surface area contributed by atoms with E-state index in [1.54, 1.807) is 0 Å². The highest BCUT2D eigenvalue weighted by Gasteiger charge is 2.29. The van der Waals surface area contributed by atoms with Gasteiger partial charge in [-0.2, -0.15) is 0 Å². The van der Waals surface area contributed by atoms with Crippen LogP contribution in [0.3, 0.4) is 0 Å². The minimum Gasteiger partial charge on any atom is -0.300 e. The van der Waals surface area contributed by atoms with Crippen LogP contribution in [0.15, 0.2) is 0 Å². The van der Waals surface area contributed by atoms with Gasteiger partial charge in [0, 0.05) is 7.11 Å². The van der Waals surface area contributed by atoms with Crippen LogP contribution >= 0.6 is 15.9 Å². The zero-order chi connectivity index (χ0) is 7.49. The van der Waals surface area contributed by atoms with Crippen LogP contribution in [0.4, 0.5) is 0 Å². The van der Waals surface area contributed by atoms with Crippen molar-refractivity contribution >= 4 is 15.9 Å². The summed E-state index contributed by atoms with van der Waals surface area (Å²) in [6, 6.07) is 0. The van der Waals surface area contributed by atoms with Crippen LogP contribution in [-0.4, -0.2) is 18.7 Å². The second-order valence-electron chi connectivity index (χ2n) is 1.17. The first-order chi connectivity index (χ1) is 3.98. The van der Waals surface area contributed by atoms with Crippen molar-refractivity contribution in [2.45, 2.75) is 0 Å². The molecule has 0 radical (unpaired) electrons. The monoisotopic (exact) mass is 173 g/mol.